The van der Waals surface area contributed by atoms with Gasteiger partial charge in [0.1, 0.15) is 5.82 Å². The van der Waals surface area contributed by atoms with E-state index < -0.39 is 0 Å². The molecule has 0 saturated carbocycles. The lowest BCUT2D eigenvalue weighted by Crippen LogP contribution is -1.80. The number of nitriles is 1. The molecule has 2 heteroatoms. The number of allylic oxidation sites excluding steroid dienone is 2. The zero-order chi connectivity index (χ0) is 8.97. The number of rotatable bonds is 1. The van der Waals surface area contributed by atoms with Crippen LogP contribution < -0.4 is 0 Å². The quantitative estimate of drug-likeness (QED) is 0.581. The second-order valence-electron chi connectivity index (χ2n) is 2.47. The SMILES string of the molecule is CC(=CC#N)c1cccc(F)c1. The van der Waals surface area contributed by atoms with Gasteiger partial charge in [0.15, 0.2) is 0 Å². The molecule has 0 radical (unpaired) electrons. The van der Waals surface area contributed by atoms with Crippen LogP contribution in [-0.2, 0) is 0 Å². The van der Waals surface area contributed by atoms with Crippen LogP contribution in [0.3, 0.4) is 0 Å². The van der Waals surface area contributed by atoms with Crippen LogP contribution in [0.2, 0.25) is 0 Å². The van der Waals surface area contributed by atoms with Gasteiger partial charge in [-0.1, -0.05) is 12.1 Å². The summed E-state index contributed by atoms with van der Waals surface area (Å²) in [6.07, 6.45) is 1.40. The monoisotopic (exact) mass is 161 g/mol. The molecule has 1 rings (SSSR count). The molecule has 0 bridgehead atoms. The van der Waals surface area contributed by atoms with Crippen LogP contribution in [0.1, 0.15) is 12.5 Å². The van der Waals surface area contributed by atoms with E-state index in [1.165, 1.54) is 18.2 Å². The molecule has 0 spiro atoms. The fourth-order valence-electron chi connectivity index (χ4n) is 0.914. The Kier molecular flexibility index (Phi) is 2.60. The van der Waals surface area contributed by atoms with E-state index in [1.54, 1.807) is 19.1 Å². The lowest BCUT2D eigenvalue weighted by molar-refractivity contribution is 0.627. The normalized spacial score (nSPS) is 10.9. The highest BCUT2D eigenvalue weighted by Crippen LogP contribution is 2.13. The first kappa shape index (κ1) is 8.48. The number of nitrogens with zero attached hydrogens (tertiary/aromatic N) is 1. The lowest BCUT2D eigenvalue weighted by atomic mass is 10.1. The van der Waals surface area contributed by atoms with Gasteiger partial charge in [-0.05, 0) is 30.2 Å². The van der Waals surface area contributed by atoms with E-state index in [0.717, 1.165) is 11.1 Å². The minimum atomic E-state index is -0.279. The third-order valence-corrected chi connectivity index (χ3v) is 1.56. The van der Waals surface area contributed by atoms with Crippen molar-refractivity contribution in [2.45, 2.75) is 6.92 Å². The van der Waals surface area contributed by atoms with Crippen LogP contribution in [0.4, 0.5) is 4.39 Å². The minimum absolute atomic E-state index is 0.279. The molecule has 12 heavy (non-hydrogen) atoms. The van der Waals surface area contributed by atoms with E-state index in [-0.39, 0.29) is 5.82 Å². The van der Waals surface area contributed by atoms with E-state index >= 15 is 0 Å². The summed E-state index contributed by atoms with van der Waals surface area (Å²) in [5, 5.41) is 8.35. The summed E-state index contributed by atoms with van der Waals surface area (Å²) >= 11 is 0. The van der Waals surface area contributed by atoms with Crippen molar-refractivity contribution in [3.8, 4) is 6.07 Å². The second kappa shape index (κ2) is 3.68. The summed E-state index contributed by atoms with van der Waals surface area (Å²) in [7, 11) is 0. The Morgan fingerprint density at radius 3 is 2.92 bits per heavy atom. The van der Waals surface area contributed by atoms with Gasteiger partial charge < -0.3 is 0 Å². The van der Waals surface area contributed by atoms with Crippen molar-refractivity contribution in [3.05, 3.63) is 41.7 Å². The van der Waals surface area contributed by atoms with Crippen molar-refractivity contribution in [1.29, 1.82) is 5.26 Å². The Balaban J connectivity index is 3.05. The van der Waals surface area contributed by atoms with Crippen molar-refractivity contribution >= 4 is 5.57 Å². The average Bonchev–Trinajstić information content (AvgIpc) is 2.05. The fourth-order valence-corrected chi connectivity index (χ4v) is 0.914. The number of hydrogen-bond acceptors (Lipinski definition) is 1. The smallest absolute Gasteiger partial charge is 0.123 e. The summed E-state index contributed by atoms with van der Waals surface area (Å²) in [6.45, 7) is 1.78. The molecule has 0 unspecified atom stereocenters. The van der Waals surface area contributed by atoms with Crippen molar-refractivity contribution in [2.24, 2.45) is 0 Å². The first-order valence-electron chi connectivity index (χ1n) is 3.56. The van der Waals surface area contributed by atoms with Gasteiger partial charge >= 0.3 is 0 Å². The lowest BCUT2D eigenvalue weighted by Gasteiger charge is -1.98. The van der Waals surface area contributed by atoms with Crippen LogP contribution in [0.25, 0.3) is 5.57 Å². The maximum atomic E-state index is 12.7. The zero-order valence-electron chi connectivity index (χ0n) is 6.71. The molecular formula is C10H8FN. The molecule has 0 N–H and O–H groups in total. The Morgan fingerprint density at radius 2 is 2.33 bits per heavy atom. The zero-order valence-corrected chi connectivity index (χ0v) is 6.71. The van der Waals surface area contributed by atoms with Gasteiger partial charge in [0.05, 0.1) is 6.07 Å². The topological polar surface area (TPSA) is 23.8 Å². The Hall–Kier alpha value is -1.62. The molecule has 0 aliphatic carbocycles. The van der Waals surface area contributed by atoms with E-state index in [4.69, 9.17) is 5.26 Å². The Morgan fingerprint density at radius 1 is 1.58 bits per heavy atom. The van der Waals surface area contributed by atoms with Crippen molar-refractivity contribution < 1.29 is 4.39 Å². The third-order valence-electron chi connectivity index (χ3n) is 1.56. The minimum Gasteiger partial charge on any atom is -0.207 e. The molecule has 1 aromatic rings. The van der Waals surface area contributed by atoms with Crippen LogP contribution in [0, 0.1) is 17.1 Å². The van der Waals surface area contributed by atoms with E-state index in [2.05, 4.69) is 0 Å². The number of halogens is 1. The molecule has 0 fully saturated rings. The Bertz CT molecular complexity index is 347. The molecule has 1 nitrogen and oxygen atoms in total. The number of hydrogen-bond donors (Lipinski definition) is 0. The molecule has 0 aliphatic heterocycles. The Labute approximate surface area is 70.8 Å². The van der Waals surface area contributed by atoms with Gasteiger partial charge in [0, 0.05) is 6.08 Å². The van der Waals surface area contributed by atoms with E-state index in [1.807, 2.05) is 6.07 Å². The van der Waals surface area contributed by atoms with Gasteiger partial charge in [-0.3, -0.25) is 0 Å². The molecule has 0 saturated heterocycles. The van der Waals surface area contributed by atoms with E-state index in [0.29, 0.717) is 0 Å². The highest BCUT2D eigenvalue weighted by molar-refractivity contribution is 5.65. The van der Waals surface area contributed by atoms with Gasteiger partial charge in [0.2, 0.25) is 0 Å². The van der Waals surface area contributed by atoms with E-state index in [9.17, 15) is 4.39 Å². The summed E-state index contributed by atoms with van der Waals surface area (Å²) in [4.78, 5) is 0. The first-order chi connectivity index (χ1) is 5.74. The average molecular weight is 161 g/mol. The molecule has 0 amide bonds. The summed E-state index contributed by atoms with van der Waals surface area (Å²) in [6, 6.07) is 8.08. The van der Waals surface area contributed by atoms with Gasteiger partial charge in [-0.2, -0.15) is 5.26 Å². The maximum Gasteiger partial charge on any atom is 0.123 e. The van der Waals surface area contributed by atoms with Gasteiger partial charge in [-0.15, -0.1) is 0 Å². The summed E-state index contributed by atoms with van der Waals surface area (Å²) < 4.78 is 12.7. The van der Waals surface area contributed by atoms with Gasteiger partial charge in [0.25, 0.3) is 0 Å². The highest BCUT2D eigenvalue weighted by atomic mass is 19.1. The largest absolute Gasteiger partial charge is 0.207 e. The second-order valence-corrected chi connectivity index (χ2v) is 2.47. The van der Waals surface area contributed by atoms with Crippen molar-refractivity contribution in [3.63, 3.8) is 0 Å². The molecule has 0 aliphatic rings. The van der Waals surface area contributed by atoms with Crippen LogP contribution >= 0.6 is 0 Å². The molecule has 1 aromatic carbocycles. The standard InChI is InChI=1S/C10H8FN/c1-8(5-6-12)9-3-2-4-10(11)7-9/h2-5,7H,1H3. The molecule has 0 heterocycles. The maximum absolute atomic E-state index is 12.7. The predicted octanol–water partition coefficient (Wildman–Crippen LogP) is 2.75. The fraction of sp³-hybridized carbons (Fsp3) is 0.100. The molecular weight excluding hydrogens is 153 g/mol. The molecule has 0 atom stereocenters. The number of benzene rings is 1. The van der Waals surface area contributed by atoms with Crippen molar-refractivity contribution in [1.82, 2.24) is 0 Å². The summed E-state index contributed by atoms with van der Waals surface area (Å²) in [5.74, 6) is -0.279. The van der Waals surface area contributed by atoms with Crippen LogP contribution in [0.5, 0.6) is 0 Å². The van der Waals surface area contributed by atoms with Crippen LogP contribution in [0.15, 0.2) is 30.3 Å². The first-order valence-corrected chi connectivity index (χ1v) is 3.56. The third kappa shape index (κ3) is 1.93. The molecule has 60 valence electrons. The van der Waals surface area contributed by atoms with Crippen LogP contribution in [-0.4, -0.2) is 0 Å². The summed E-state index contributed by atoms with van der Waals surface area (Å²) in [5.41, 5.74) is 1.52. The predicted molar refractivity (Wildman–Crippen MR) is 45.7 cm³/mol. The highest BCUT2D eigenvalue weighted by Gasteiger charge is 1.95. The molecule has 0 aromatic heterocycles. The van der Waals surface area contributed by atoms with Crippen molar-refractivity contribution in [2.75, 3.05) is 0 Å². The van der Waals surface area contributed by atoms with Gasteiger partial charge in [-0.25, -0.2) is 4.39 Å².